The quantitative estimate of drug-likeness (QED) is 0.557. The molecule has 0 spiro atoms. The lowest BCUT2D eigenvalue weighted by atomic mass is 9.99. The van der Waals surface area contributed by atoms with E-state index in [1.807, 2.05) is 6.92 Å². The number of hydrogen-bond acceptors (Lipinski definition) is 4. The first-order chi connectivity index (χ1) is 8.23. The van der Waals surface area contributed by atoms with Crippen LogP contribution in [0, 0.1) is 5.92 Å². The van der Waals surface area contributed by atoms with Crippen molar-refractivity contribution in [1.29, 1.82) is 0 Å². The van der Waals surface area contributed by atoms with Crippen molar-refractivity contribution in [2.24, 2.45) is 5.92 Å². The maximum Gasteiger partial charge on any atom is 0.326 e. The summed E-state index contributed by atoms with van der Waals surface area (Å²) in [7, 11) is -3.45. The van der Waals surface area contributed by atoms with Crippen LogP contribution in [0.15, 0.2) is 0 Å². The molecule has 8 heteroatoms. The van der Waals surface area contributed by atoms with Gasteiger partial charge in [-0.05, 0) is 12.8 Å². The molecule has 2 atom stereocenters. The molecule has 0 rings (SSSR count). The largest absolute Gasteiger partial charge is 0.480 e. The standard InChI is InChI=1S/C10H20N2O5S/c1-4-7(3)9(10(14)15)12-8(13)6-11-18(16,17)5-2/h7,9,11H,4-6H2,1-3H3,(H,12,13)(H,14,15)/t7-,9-/m0/s1. The van der Waals surface area contributed by atoms with E-state index in [0.717, 1.165) is 0 Å². The first-order valence-electron chi connectivity index (χ1n) is 5.73. The molecule has 18 heavy (non-hydrogen) atoms. The predicted molar refractivity (Wildman–Crippen MR) is 66.5 cm³/mol. The molecule has 7 nitrogen and oxygen atoms in total. The van der Waals surface area contributed by atoms with Crippen molar-refractivity contribution in [2.75, 3.05) is 12.3 Å². The molecule has 0 unspecified atom stereocenters. The molecule has 0 aliphatic rings. The molecule has 0 aliphatic heterocycles. The van der Waals surface area contributed by atoms with E-state index in [-0.39, 0.29) is 11.7 Å². The van der Waals surface area contributed by atoms with Crippen molar-refractivity contribution in [2.45, 2.75) is 33.2 Å². The second kappa shape index (κ2) is 7.32. The maximum absolute atomic E-state index is 11.4. The fourth-order valence-electron chi connectivity index (χ4n) is 1.19. The number of hydrogen-bond donors (Lipinski definition) is 3. The number of carbonyl (C=O) groups excluding carboxylic acids is 1. The highest BCUT2D eigenvalue weighted by Gasteiger charge is 2.25. The monoisotopic (exact) mass is 280 g/mol. The van der Waals surface area contributed by atoms with Crippen LogP contribution in [0.5, 0.6) is 0 Å². The van der Waals surface area contributed by atoms with Crippen molar-refractivity contribution in [3.05, 3.63) is 0 Å². The van der Waals surface area contributed by atoms with Crippen LogP contribution in [0.2, 0.25) is 0 Å². The summed E-state index contributed by atoms with van der Waals surface area (Å²) >= 11 is 0. The molecular weight excluding hydrogens is 260 g/mol. The molecule has 1 amide bonds. The van der Waals surface area contributed by atoms with Crippen molar-refractivity contribution in [1.82, 2.24) is 10.0 Å². The lowest BCUT2D eigenvalue weighted by Crippen LogP contribution is -2.48. The molecule has 3 N–H and O–H groups in total. The van der Waals surface area contributed by atoms with Gasteiger partial charge in [0.15, 0.2) is 0 Å². The number of carboxylic acids is 1. The first kappa shape index (κ1) is 16.9. The van der Waals surface area contributed by atoms with Crippen LogP contribution in [0.3, 0.4) is 0 Å². The van der Waals surface area contributed by atoms with Gasteiger partial charge >= 0.3 is 5.97 Å². The predicted octanol–water partition coefficient (Wildman–Crippen LogP) is -0.459. The van der Waals surface area contributed by atoms with Gasteiger partial charge in [0.05, 0.1) is 12.3 Å². The Hall–Kier alpha value is -1.15. The summed E-state index contributed by atoms with van der Waals surface area (Å²) in [5.74, 6) is -2.14. The summed E-state index contributed by atoms with van der Waals surface area (Å²) in [4.78, 5) is 22.4. The molecule has 0 aliphatic carbocycles. The third kappa shape index (κ3) is 5.97. The number of carbonyl (C=O) groups is 2. The van der Waals surface area contributed by atoms with E-state index in [1.54, 1.807) is 6.92 Å². The molecule has 0 heterocycles. The topological polar surface area (TPSA) is 113 Å². The van der Waals surface area contributed by atoms with Gasteiger partial charge < -0.3 is 10.4 Å². The van der Waals surface area contributed by atoms with Gasteiger partial charge in [-0.25, -0.2) is 17.9 Å². The van der Waals surface area contributed by atoms with E-state index in [4.69, 9.17) is 5.11 Å². The van der Waals surface area contributed by atoms with Gasteiger partial charge in [-0.2, -0.15) is 0 Å². The van der Waals surface area contributed by atoms with Gasteiger partial charge in [0.25, 0.3) is 0 Å². The molecule has 0 saturated heterocycles. The number of nitrogens with one attached hydrogen (secondary N) is 2. The Labute approximate surface area is 107 Å². The van der Waals surface area contributed by atoms with Gasteiger partial charge in [-0.3, -0.25) is 4.79 Å². The Morgan fingerprint density at radius 2 is 1.83 bits per heavy atom. The van der Waals surface area contributed by atoms with E-state index in [2.05, 4.69) is 10.0 Å². The van der Waals surface area contributed by atoms with E-state index < -0.39 is 34.5 Å². The smallest absolute Gasteiger partial charge is 0.326 e. The molecule has 0 bridgehead atoms. The highest BCUT2D eigenvalue weighted by Crippen LogP contribution is 2.07. The zero-order valence-corrected chi connectivity index (χ0v) is 11.6. The van der Waals surface area contributed by atoms with Gasteiger partial charge in [0, 0.05) is 0 Å². The van der Waals surface area contributed by atoms with Gasteiger partial charge in [-0.1, -0.05) is 20.3 Å². The Morgan fingerprint density at radius 1 is 1.28 bits per heavy atom. The van der Waals surface area contributed by atoms with E-state index in [0.29, 0.717) is 6.42 Å². The van der Waals surface area contributed by atoms with Crippen LogP contribution < -0.4 is 10.0 Å². The van der Waals surface area contributed by atoms with Crippen LogP contribution in [0.4, 0.5) is 0 Å². The molecule has 0 fully saturated rings. The van der Waals surface area contributed by atoms with E-state index >= 15 is 0 Å². The molecule has 0 aromatic carbocycles. The Bertz CT molecular complexity index is 393. The summed E-state index contributed by atoms with van der Waals surface area (Å²) in [5, 5.41) is 11.2. The minimum Gasteiger partial charge on any atom is -0.480 e. The van der Waals surface area contributed by atoms with Crippen molar-refractivity contribution in [3.63, 3.8) is 0 Å². The molecule has 0 saturated carbocycles. The second-order valence-electron chi connectivity index (χ2n) is 3.99. The maximum atomic E-state index is 11.4. The third-order valence-electron chi connectivity index (χ3n) is 2.63. The summed E-state index contributed by atoms with van der Waals surface area (Å²) in [6, 6.07) is -1.01. The molecular formula is C10H20N2O5S. The third-order valence-corrected chi connectivity index (χ3v) is 3.97. The Balaban J connectivity index is 4.41. The molecule has 0 aromatic heterocycles. The zero-order valence-electron chi connectivity index (χ0n) is 10.8. The number of rotatable bonds is 8. The SMILES string of the molecule is CC[C@H](C)[C@H](NC(=O)CNS(=O)(=O)CC)C(=O)O. The molecule has 0 radical (unpaired) electrons. The van der Waals surface area contributed by atoms with Crippen LogP contribution in [0.1, 0.15) is 27.2 Å². The molecule has 0 aromatic rings. The number of amides is 1. The lowest BCUT2D eigenvalue weighted by Gasteiger charge is -2.20. The zero-order chi connectivity index (χ0) is 14.3. The minimum atomic E-state index is -3.45. The lowest BCUT2D eigenvalue weighted by molar-refractivity contribution is -0.143. The Morgan fingerprint density at radius 3 is 2.22 bits per heavy atom. The summed E-state index contributed by atoms with van der Waals surface area (Å²) in [6.45, 7) is 4.51. The van der Waals surface area contributed by atoms with Gasteiger partial charge in [0.2, 0.25) is 15.9 Å². The fraction of sp³-hybridized carbons (Fsp3) is 0.800. The fourth-order valence-corrected chi connectivity index (χ4v) is 1.74. The first-order valence-corrected chi connectivity index (χ1v) is 7.38. The summed E-state index contributed by atoms with van der Waals surface area (Å²) in [5.41, 5.74) is 0. The van der Waals surface area contributed by atoms with Crippen LogP contribution in [0.25, 0.3) is 0 Å². The van der Waals surface area contributed by atoms with Crippen LogP contribution >= 0.6 is 0 Å². The average Bonchev–Trinajstić information content (AvgIpc) is 2.32. The van der Waals surface area contributed by atoms with E-state index in [1.165, 1.54) is 6.92 Å². The summed E-state index contributed by atoms with van der Waals surface area (Å²) in [6.07, 6.45) is 0.595. The summed E-state index contributed by atoms with van der Waals surface area (Å²) < 4.78 is 24.3. The number of sulfonamides is 1. The van der Waals surface area contributed by atoms with Crippen LogP contribution in [-0.4, -0.2) is 43.7 Å². The highest BCUT2D eigenvalue weighted by atomic mass is 32.2. The minimum absolute atomic E-state index is 0.131. The highest BCUT2D eigenvalue weighted by molar-refractivity contribution is 7.89. The van der Waals surface area contributed by atoms with Gasteiger partial charge in [-0.15, -0.1) is 0 Å². The number of carboxylic acid groups (broad SMARTS) is 1. The normalized spacial score (nSPS) is 14.8. The van der Waals surface area contributed by atoms with Crippen molar-refractivity contribution >= 4 is 21.9 Å². The molecule has 106 valence electrons. The Kier molecular flexibility index (Phi) is 6.85. The van der Waals surface area contributed by atoms with Crippen LogP contribution in [-0.2, 0) is 19.6 Å². The average molecular weight is 280 g/mol. The van der Waals surface area contributed by atoms with E-state index in [9.17, 15) is 18.0 Å². The van der Waals surface area contributed by atoms with Crippen molar-refractivity contribution < 1.29 is 23.1 Å². The number of aliphatic carboxylic acids is 1. The van der Waals surface area contributed by atoms with Gasteiger partial charge in [0.1, 0.15) is 6.04 Å². The second-order valence-corrected chi connectivity index (χ2v) is 6.09. The van der Waals surface area contributed by atoms with Crippen molar-refractivity contribution in [3.8, 4) is 0 Å².